The van der Waals surface area contributed by atoms with Gasteiger partial charge < -0.3 is 30.7 Å². The van der Waals surface area contributed by atoms with Gasteiger partial charge in [0.05, 0.1) is 12.2 Å². The monoisotopic (exact) mass is 620 g/mol. The lowest BCUT2D eigenvalue weighted by Gasteiger charge is -2.38. The normalized spacial score (nSPS) is 34.4. The summed E-state index contributed by atoms with van der Waals surface area (Å²) >= 11 is 0. The van der Waals surface area contributed by atoms with Gasteiger partial charge >= 0.3 is 17.6 Å². The molecule has 0 N–H and O–H groups in total. The third-order valence-electron chi connectivity index (χ3n) is 6.92. The molecule has 0 spiro atoms. The molecule has 2 bridgehead atoms. The first-order chi connectivity index (χ1) is 18.7. The van der Waals surface area contributed by atoms with E-state index >= 15 is 0 Å². The summed E-state index contributed by atoms with van der Waals surface area (Å²) in [7, 11) is -10.2. The quantitative estimate of drug-likeness (QED) is 0.381. The largest absolute Gasteiger partial charge is 0.538 e. The van der Waals surface area contributed by atoms with Crippen LogP contribution in [0.5, 0.6) is 0 Å². The topological polar surface area (TPSA) is 64.6 Å². The van der Waals surface area contributed by atoms with Crippen LogP contribution in [0.2, 0.25) is 39.3 Å². The van der Waals surface area contributed by atoms with Gasteiger partial charge in [-0.05, 0) is 60.1 Å². The molecular weight excluding hydrogens is 573 g/mol. The molecule has 222 valence electrons. The van der Waals surface area contributed by atoms with Gasteiger partial charge in [-0.15, -0.1) is 0 Å². The molecule has 2 aromatic carbocycles. The van der Waals surface area contributed by atoms with Crippen molar-refractivity contribution in [1.82, 2.24) is 0 Å². The molecule has 11 heteroatoms. The zero-order valence-electron chi connectivity index (χ0n) is 26.0. The van der Waals surface area contributed by atoms with Crippen molar-refractivity contribution in [2.24, 2.45) is 0 Å². The van der Waals surface area contributed by atoms with E-state index in [1.807, 2.05) is 44.2 Å². The third kappa shape index (κ3) is 6.65. The van der Waals surface area contributed by atoms with Crippen LogP contribution in [0.15, 0.2) is 54.6 Å². The molecule has 40 heavy (non-hydrogen) atoms. The average Bonchev–Trinajstić information content (AvgIpc) is 3.55. The average molecular weight is 621 g/mol. The molecule has 3 fully saturated rings. The van der Waals surface area contributed by atoms with Gasteiger partial charge in [-0.2, -0.15) is 0 Å². The van der Waals surface area contributed by atoms with E-state index in [4.69, 9.17) is 30.7 Å². The molecule has 8 atom stereocenters. The molecule has 2 aromatic rings. The molecule has 0 aliphatic carbocycles. The van der Waals surface area contributed by atoms with Gasteiger partial charge in [0.1, 0.15) is 24.4 Å². The van der Waals surface area contributed by atoms with Gasteiger partial charge in [-0.1, -0.05) is 74.0 Å². The number of hydrogen-bond acceptors (Lipinski definition) is 7. The standard InChI is InChI=1S/C27H42O7Si4.C2H6/c1-19-15-17-23(18-16-19)38(34-36(7,8)9)29-21(3)25(31-38)27-26-24(20(2)28-35(4,5)6)30-37(32-26,33-27)22-13-11-10-12-14-22;1-2/h10-18,20-21,24-27H,1-9H3;1-2H3. The highest BCUT2D eigenvalue weighted by Crippen LogP contribution is 2.44. The van der Waals surface area contributed by atoms with Gasteiger partial charge in [-0.3, -0.25) is 0 Å². The SMILES string of the molecule is CC.Cc1ccc([Si]2(O[Si](C)(C)C)OC(C)C(C3O[Si]4(c5ccccc5)OC(C(C)O[Si](C)(C)C)C3O4)O2)cc1. The lowest BCUT2D eigenvalue weighted by molar-refractivity contribution is -0.0703. The minimum Gasteiger partial charge on any atom is -0.413 e. The van der Waals surface area contributed by atoms with E-state index in [1.165, 1.54) is 5.56 Å². The second kappa shape index (κ2) is 12.0. The zero-order valence-corrected chi connectivity index (χ0v) is 30.0. The Morgan fingerprint density at radius 2 is 1.30 bits per heavy atom. The van der Waals surface area contributed by atoms with Gasteiger partial charge in [0.25, 0.3) is 0 Å². The van der Waals surface area contributed by atoms with Crippen LogP contribution in [-0.2, 0) is 30.7 Å². The molecule has 5 rings (SSSR count). The predicted molar refractivity (Wildman–Crippen MR) is 168 cm³/mol. The number of rotatable bonds is 8. The fourth-order valence-corrected chi connectivity index (χ4v) is 16.2. The highest BCUT2D eigenvalue weighted by atomic mass is 28.5. The van der Waals surface area contributed by atoms with E-state index < -0.39 is 34.2 Å². The molecule has 0 saturated carbocycles. The van der Waals surface area contributed by atoms with Crippen molar-refractivity contribution >= 4 is 44.6 Å². The number of aryl methyl sites for hydroxylation is 1. The number of benzene rings is 2. The van der Waals surface area contributed by atoms with Crippen LogP contribution >= 0.6 is 0 Å². The summed E-state index contributed by atoms with van der Waals surface area (Å²) < 4.78 is 47.2. The maximum Gasteiger partial charge on any atom is 0.538 e. The molecule has 3 aliphatic rings. The number of hydrogen-bond donors (Lipinski definition) is 0. The molecular formula is C29H48O7Si4. The molecule has 0 aromatic heterocycles. The number of fused-ring (bicyclic) bond motifs is 2. The Bertz CT molecular complexity index is 1120. The Balaban J connectivity index is 0.00000181. The Hall–Kier alpha value is -0.972. The van der Waals surface area contributed by atoms with Crippen molar-refractivity contribution in [2.75, 3.05) is 0 Å². The molecule has 0 radical (unpaired) electrons. The van der Waals surface area contributed by atoms with Crippen molar-refractivity contribution < 1.29 is 30.7 Å². The first-order valence-electron chi connectivity index (χ1n) is 14.6. The fraction of sp³-hybridized carbons (Fsp3) is 0.586. The summed E-state index contributed by atoms with van der Waals surface area (Å²) in [5.41, 5.74) is 1.19. The third-order valence-corrected chi connectivity index (χ3v) is 16.6. The zero-order chi connectivity index (χ0) is 29.5. The van der Waals surface area contributed by atoms with E-state index in [9.17, 15) is 0 Å². The van der Waals surface area contributed by atoms with Gasteiger partial charge in [0.2, 0.25) is 0 Å². The Morgan fingerprint density at radius 1 is 0.700 bits per heavy atom. The van der Waals surface area contributed by atoms with E-state index in [0.717, 1.165) is 10.4 Å². The van der Waals surface area contributed by atoms with Crippen LogP contribution in [0.3, 0.4) is 0 Å². The second-order valence-corrected chi connectivity index (χ2v) is 26.7. The fourth-order valence-electron chi connectivity index (χ4n) is 5.52. The van der Waals surface area contributed by atoms with Crippen LogP contribution in [0.4, 0.5) is 0 Å². The molecule has 3 saturated heterocycles. The smallest absolute Gasteiger partial charge is 0.413 e. The molecule has 3 aliphatic heterocycles. The van der Waals surface area contributed by atoms with Crippen LogP contribution in [0.25, 0.3) is 0 Å². The first kappa shape index (κ1) is 32.0. The predicted octanol–water partition coefficient (Wildman–Crippen LogP) is 5.09. The summed E-state index contributed by atoms with van der Waals surface area (Å²) in [5, 5.41) is 1.95. The van der Waals surface area contributed by atoms with Crippen molar-refractivity contribution in [3.05, 3.63) is 60.2 Å². The maximum absolute atomic E-state index is 6.97. The summed E-state index contributed by atoms with van der Waals surface area (Å²) in [4.78, 5) is 0. The highest BCUT2D eigenvalue weighted by Gasteiger charge is 2.70. The van der Waals surface area contributed by atoms with Crippen molar-refractivity contribution in [2.45, 2.75) is 111 Å². The second-order valence-electron chi connectivity index (χ2n) is 12.6. The summed E-state index contributed by atoms with van der Waals surface area (Å²) in [6.07, 6.45) is -1.65. The van der Waals surface area contributed by atoms with Crippen molar-refractivity contribution in [3.8, 4) is 0 Å². The van der Waals surface area contributed by atoms with Gasteiger partial charge in [0.15, 0.2) is 16.6 Å². The van der Waals surface area contributed by atoms with Gasteiger partial charge in [-0.25, -0.2) is 0 Å². The molecule has 8 unspecified atom stereocenters. The lowest BCUT2D eigenvalue weighted by Crippen LogP contribution is -2.61. The van der Waals surface area contributed by atoms with E-state index in [0.29, 0.717) is 0 Å². The minimum atomic E-state index is -3.20. The maximum atomic E-state index is 6.97. The summed E-state index contributed by atoms with van der Waals surface area (Å²) in [6, 6.07) is 18.4. The Kier molecular flexibility index (Phi) is 9.55. The van der Waals surface area contributed by atoms with Crippen LogP contribution in [0.1, 0.15) is 33.3 Å². The molecule has 0 amide bonds. The highest BCUT2D eigenvalue weighted by molar-refractivity contribution is 6.86. The van der Waals surface area contributed by atoms with Gasteiger partial charge in [0, 0.05) is 10.4 Å². The lowest BCUT2D eigenvalue weighted by atomic mass is 9.97. The molecule has 3 heterocycles. The van der Waals surface area contributed by atoms with Crippen LogP contribution in [-0.4, -0.2) is 70.9 Å². The Labute approximate surface area is 245 Å². The minimum absolute atomic E-state index is 0.133. The van der Waals surface area contributed by atoms with E-state index in [-0.39, 0.29) is 36.6 Å². The Morgan fingerprint density at radius 3 is 1.88 bits per heavy atom. The van der Waals surface area contributed by atoms with Crippen molar-refractivity contribution in [3.63, 3.8) is 0 Å². The van der Waals surface area contributed by atoms with E-state index in [2.05, 4.69) is 84.3 Å². The summed E-state index contributed by atoms with van der Waals surface area (Å²) in [6.45, 7) is 23.3. The van der Waals surface area contributed by atoms with E-state index in [1.54, 1.807) is 0 Å². The summed E-state index contributed by atoms with van der Waals surface area (Å²) in [5.74, 6) is 0. The first-order valence-corrected chi connectivity index (χ1v) is 24.9. The van der Waals surface area contributed by atoms with Crippen LogP contribution in [0, 0.1) is 6.92 Å². The van der Waals surface area contributed by atoms with Crippen molar-refractivity contribution in [1.29, 1.82) is 0 Å². The van der Waals surface area contributed by atoms with Crippen LogP contribution < -0.4 is 10.4 Å². The molecule has 7 nitrogen and oxygen atoms in total.